The minimum atomic E-state index is 0.235. The van der Waals surface area contributed by atoms with Crippen LogP contribution in [-0.2, 0) is 11.2 Å². The van der Waals surface area contributed by atoms with Crippen molar-refractivity contribution in [2.45, 2.75) is 37.8 Å². The monoisotopic (exact) mass is 210 g/mol. The quantitative estimate of drug-likeness (QED) is 0.566. The zero-order chi connectivity index (χ0) is 10.5. The molecule has 84 valence electrons. The van der Waals surface area contributed by atoms with Crippen LogP contribution in [0.1, 0.15) is 25.0 Å². The lowest BCUT2D eigenvalue weighted by Crippen LogP contribution is -2.39. The number of nitrogens with one attached hydrogen (secondary N) is 1. The highest BCUT2D eigenvalue weighted by atomic mass is 16.5. The number of hydrazine groups is 1. The van der Waals surface area contributed by atoms with Gasteiger partial charge >= 0.3 is 0 Å². The number of rotatable bonds is 5. The molecule has 1 aromatic rings. The second-order valence-corrected chi connectivity index (χ2v) is 4.02. The first-order valence-electron chi connectivity index (χ1n) is 5.48. The molecule has 0 saturated carbocycles. The molecule has 4 nitrogen and oxygen atoms in total. The highest BCUT2D eigenvalue weighted by Crippen LogP contribution is 2.18. The van der Waals surface area contributed by atoms with Gasteiger partial charge in [-0.25, -0.2) is 0 Å². The van der Waals surface area contributed by atoms with E-state index >= 15 is 0 Å². The van der Waals surface area contributed by atoms with Gasteiger partial charge < -0.3 is 9.15 Å². The normalized spacial score (nSPS) is 23.1. The molecule has 0 amide bonds. The van der Waals surface area contributed by atoms with Gasteiger partial charge in [0.05, 0.1) is 12.4 Å². The Labute approximate surface area is 89.7 Å². The Morgan fingerprint density at radius 2 is 2.53 bits per heavy atom. The van der Waals surface area contributed by atoms with Gasteiger partial charge in [-0.05, 0) is 31.4 Å². The van der Waals surface area contributed by atoms with E-state index in [9.17, 15) is 0 Å². The van der Waals surface area contributed by atoms with Gasteiger partial charge in [0.2, 0.25) is 0 Å². The van der Waals surface area contributed by atoms with E-state index in [2.05, 4.69) is 5.43 Å². The van der Waals surface area contributed by atoms with Gasteiger partial charge in [-0.1, -0.05) is 0 Å². The molecule has 2 atom stereocenters. The van der Waals surface area contributed by atoms with Crippen molar-refractivity contribution in [1.29, 1.82) is 0 Å². The molecule has 3 N–H and O–H groups in total. The summed E-state index contributed by atoms with van der Waals surface area (Å²) < 4.78 is 10.9. The summed E-state index contributed by atoms with van der Waals surface area (Å²) in [6.45, 7) is 0.892. The fourth-order valence-electron chi connectivity index (χ4n) is 2.03. The molecule has 1 aliphatic heterocycles. The SMILES string of the molecule is NNC(Cc1ccco1)CC1CCCO1. The first-order valence-corrected chi connectivity index (χ1v) is 5.48. The van der Waals surface area contributed by atoms with Crippen molar-refractivity contribution in [2.75, 3.05) is 6.61 Å². The lowest BCUT2D eigenvalue weighted by Gasteiger charge is -2.18. The van der Waals surface area contributed by atoms with E-state index in [0.717, 1.165) is 31.6 Å². The van der Waals surface area contributed by atoms with Crippen LogP contribution in [0.2, 0.25) is 0 Å². The van der Waals surface area contributed by atoms with Crippen LogP contribution < -0.4 is 11.3 Å². The molecule has 0 radical (unpaired) electrons. The highest BCUT2D eigenvalue weighted by Gasteiger charge is 2.20. The number of ether oxygens (including phenoxy) is 1. The summed E-state index contributed by atoms with van der Waals surface area (Å²) in [6.07, 6.45) is 6.15. The van der Waals surface area contributed by atoms with Crippen LogP contribution in [0.5, 0.6) is 0 Å². The number of hydrogen-bond donors (Lipinski definition) is 2. The molecule has 0 spiro atoms. The van der Waals surface area contributed by atoms with E-state index in [1.807, 2.05) is 12.1 Å². The van der Waals surface area contributed by atoms with E-state index < -0.39 is 0 Å². The molecule has 1 saturated heterocycles. The van der Waals surface area contributed by atoms with Crippen molar-refractivity contribution in [3.05, 3.63) is 24.2 Å². The van der Waals surface area contributed by atoms with Crippen molar-refractivity contribution >= 4 is 0 Å². The third-order valence-electron chi connectivity index (χ3n) is 2.83. The predicted octanol–water partition coefficient (Wildman–Crippen LogP) is 1.22. The Morgan fingerprint density at radius 1 is 1.60 bits per heavy atom. The van der Waals surface area contributed by atoms with Crippen LogP contribution >= 0.6 is 0 Å². The molecule has 2 unspecified atom stereocenters. The van der Waals surface area contributed by atoms with E-state index in [4.69, 9.17) is 15.0 Å². The minimum Gasteiger partial charge on any atom is -0.469 e. The molecule has 4 heteroatoms. The Balaban J connectivity index is 1.81. The summed E-state index contributed by atoms with van der Waals surface area (Å²) >= 11 is 0. The Kier molecular flexibility index (Phi) is 3.77. The maximum atomic E-state index is 5.58. The van der Waals surface area contributed by atoms with Crippen molar-refractivity contribution in [3.63, 3.8) is 0 Å². The van der Waals surface area contributed by atoms with Crippen LogP contribution in [0, 0.1) is 0 Å². The third kappa shape index (κ3) is 3.06. The summed E-state index contributed by atoms with van der Waals surface area (Å²) in [7, 11) is 0. The van der Waals surface area contributed by atoms with Gasteiger partial charge in [-0.3, -0.25) is 11.3 Å². The zero-order valence-corrected chi connectivity index (χ0v) is 8.82. The van der Waals surface area contributed by atoms with Crippen molar-refractivity contribution in [3.8, 4) is 0 Å². The Morgan fingerprint density at radius 3 is 3.13 bits per heavy atom. The summed E-state index contributed by atoms with van der Waals surface area (Å²) in [6, 6.07) is 4.11. The smallest absolute Gasteiger partial charge is 0.105 e. The van der Waals surface area contributed by atoms with Crippen LogP contribution in [0.4, 0.5) is 0 Å². The number of nitrogens with two attached hydrogens (primary N) is 1. The van der Waals surface area contributed by atoms with Crippen LogP contribution in [-0.4, -0.2) is 18.8 Å². The molecule has 1 aliphatic rings. The van der Waals surface area contributed by atoms with Crippen LogP contribution in [0.25, 0.3) is 0 Å². The maximum Gasteiger partial charge on any atom is 0.105 e. The Hall–Kier alpha value is -0.840. The van der Waals surface area contributed by atoms with Crippen LogP contribution in [0.15, 0.2) is 22.8 Å². The molecule has 2 rings (SSSR count). The number of hydrogen-bond acceptors (Lipinski definition) is 4. The van der Waals surface area contributed by atoms with E-state index in [0.29, 0.717) is 6.10 Å². The molecular formula is C11H18N2O2. The molecular weight excluding hydrogens is 192 g/mol. The second-order valence-electron chi connectivity index (χ2n) is 4.02. The summed E-state index contributed by atoms with van der Waals surface area (Å²) in [5.41, 5.74) is 2.83. The minimum absolute atomic E-state index is 0.235. The molecule has 15 heavy (non-hydrogen) atoms. The first kappa shape index (κ1) is 10.7. The van der Waals surface area contributed by atoms with E-state index in [-0.39, 0.29) is 6.04 Å². The summed E-state index contributed by atoms with van der Waals surface area (Å²) in [4.78, 5) is 0. The zero-order valence-electron chi connectivity index (χ0n) is 8.82. The second kappa shape index (κ2) is 5.30. The lowest BCUT2D eigenvalue weighted by atomic mass is 10.0. The van der Waals surface area contributed by atoms with Gasteiger partial charge in [0.25, 0.3) is 0 Å². The molecule has 1 aromatic heterocycles. The number of furan rings is 1. The van der Waals surface area contributed by atoms with Gasteiger partial charge in [-0.2, -0.15) is 0 Å². The molecule has 0 aromatic carbocycles. The van der Waals surface area contributed by atoms with E-state index in [1.165, 1.54) is 6.42 Å². The largest absolute Gasteiger partial charge is 0.469 e. The molecule has 0 bridgehead atoms. The standard InChI is InChI=1S/C11H18N2O2/c12-13-9(7-10-3-1-5-14-10)8-11-4-2-6-15-11/h1,3,5,9,11,13H,2,4,6-8,12H2. The average Bonchev–Trinajstić information content (AvgIpc) is 2.89. The van der Waals surface area contributed by atoms with Crippen molar-refractivity contribution in [2.24, 2.45) is 5.84 Å². The highest BCUT2D eigenvalue weighted by molar-refractivity contribution is 5.00. The van der Waals surface area contributed by atoms with Gasteiger partial charge in [-0.15, -0.1) is 0 Å². The summed E-state index contributed by atoms with van der Waals surface area (Å²) in [5.74, 6) is 6.49. The van der Waals surface area contributed by atoms with E-state index in [1.54, 1.807) is 6.26 Å². The van der Waals surface area contributed by atoms with Crippen molar-refractivity contribution in [1.82, 2.24) is 5.43 Å². The van der Waals surface area contributed by atoms with Crippen LogP contribution in [0.3, 0.4) is 0 Å². The maximum absolute atomic E-state index is 5.58. The van der Waals surface area contributed by atoms with Gasteiger partial charge in [0.1, 0.15) is 5.76 Å². The average molecular weight is 210 g/mol. The topological polar surface area (TPSA) is 60.4 Å². The first-order chi connectivity index (χ1) is 7.38. The fraction of sp³-hybridized carbons (Fsp3) is 0.636. The predicted molar refractivity (Wildman–Crippen MR) is 57.1 cm³/mol. The lowest BCUT2D eigenvalue weighted by molar-refractivity contribution is 0.0940. The molecule has 2 heterocycles. The van der Waals surface area contributed by atoms with Crippen molar-refractivity contribution < 1.29 is 9.15 Å². The Bertz CT molecular complexity index is 268. The molecule has 0 aliphatic carbocycles. The fourth-order valence-corrected chi connectivity index (χ4v) is 2.03. The third-order valence-corrected chi connectivity index (χ3v) is 2.83. The van der Waals surface area contributed by atoms with Gasteiger partial charge in [0.15, 0.2) is 0 Å². The molecule has 1 fully saturated rings. The summed E-state index contributed by atoms with van der Waals surface area (Å²) in [5, 5.41) is 0. The van der Waals surface area contributed by atoms with Gasteiger partial charge in [0, 0.05) is 19.1 Å².